The minimum absolute atomic E-state index is 0.00447. The number of carbonyl (C=O) groups excluding carboxylic acids is 2. The zero-order valence-electron chi connectivity index (χ0n) is 41.6. The number of nitrogen functional groups attached to an aromatic ring is 1. The molecule has 3 heterocycles. The zero-order chi connectivity index (χ0) is 52.2. The smallest absolute Gasteiger partial charge is 0.462 e. The van der Waals surface area contributed by atoms with Crippen LogP contribution in [0.4, 0.5) is 5.82 Å². The average Bonchev–Trinajstić information content (AvgIpc) is 3.30. The lowest BCUT2D eigenvalue weighted by atomic mass is 9.82. The molecule has 0 saturated carbocycles. The molecule has 1 aromatic heterocycles. The third-order valence-electron chi connectivity index (χ3n) is 12.6. The van der Waals surface area contributed by atoms with Crippen molar-refractivity contribution in [3.63, 3.8) is 0 Å². The predicted molar refractivity (Wildman–Crippen MR) is 263 cm³/mol. The van der Waals surface area contributed by atoms with Gasteiger partial charge in [0, 0.05) is 37.3 Å². The molecule has 0 aromatic carbocycles. The third-order valence-corrected chi connectivity index (χ3v) is 15.2. The van der Waals surface area contributed by atoms with Gasteiger partial charge in [0.1, 0.15) is 30.9 Å². The molecule has 71 heavy (non-hydrogen) atoms. The fourth-order valence-corrected chi connectivity index (χ4v) is 10.6. The first-order chi connectivity index (χ1) is 33.9. The third kappa shape index (κ3) is 24.8. The second kappa shape index (κ2) is 33.8. The first kappa shape index (κ1) is 62.4. The van der Waals surface area contributed by atoms with Gasteiger partial charge in [-0.15, -0.1) is 0 Å². The van der Waals surface area contributed by atoms with E-state index >= 15 is 0 Å². The minimum Gasteiger partial charge on any atom is -0.462 e. The maximum Gasteiger partial charge on any atom is 0.481 e. The van der Waals surface area contributed by atoms with Crippen LogP contribution in [0.1, 0.15) is 168 Å². The Kier molecular flexibility index (Phi) is 29.7. The summed E-state index contributed by atoms with van der Waals surface area (Å²) in [5, 5.41) is 57.4. The fourth-order valence-electron chi connectivity index (χ4n) is 8.47. The summed E-state index contributed by atoms with van der Waals surface area (Å²) >= 11 is 0. The first-order valence-corrected chi connectivity index (χ1v) is 28.6. The van der Waals surface area contributed by atoms with Crippen molar-refractivity contribution < 1.29 is 81.6 Å². The molecule has 21 nitrogen and oxygen atoms in total. The molecule has 23 heteroatoms. The summed E-state index contributed by atoms with van der Waals surface area (Å²) in [4.78, 5) is 64.2. The summed E-state index contributed by atoms with van der Waals surface area (Å²) in [5.74, 6) is -4.14. The first-order valence-electron chi connectivity index (χ1n) is 25.6. The molecule has 2 unspecified atom stereocenters. The standard InChI is InChI=1S/C48H83N3O18P2/c1-3-5-7-8-9-10-11-12-13-14-15-16-22-26-44(56)67-36-32-64-43(55)25-21-18-17-20-24-38-40(54)31-39(53)37(28-27-35(52)23-19-6-4-2)45(57)46(58)41(34-66-71(62,63)69-70(60,61)65-33-36)68-47(38)51-30-29-42(49)50-48(51)59/h17,20,27-30,35-41,45-47,52-54,57-58H,3-16,18-19,21-26,31-34H2,1-2H3,(H,60,61)(H,62,63)(H2,49,50,59)/b20-17-,28-27+/t35-,36+,37-,38-,39+,40-,41+,45-,46+,47+/m0/s1. The average molecular weight is 1050 g/mol. The van der Waals surface area contributed by atoms with Crippen LogP contribution < -0.4 is 11.4 Å². The number of unbranched alkanes of at least 4 members (excludes halogenated alkanes) is 14. The number of nitrogens with zero attached hydrogens (tertiary/aromatic N) is 2. The summed E-state index contributed by atoms with van der Waals surface area (Å²) in [6.07, 6.45) is 10.9. The van der Waals surface area contributed by atoms with E-state index in [-0.39, 0.29) is 31.5 Å². The van der Waals surface area contributed by atoms with Crippen molar-refractivity contribution >= 4 is 33.4 Å². The highest BCUT2D eigenvalue weighted by molar-refractivity contribution is 7.61. The van der Waals surface area contributed by atoms with Gasteiger partial charge in [-0.2, -0.15) is 9.29 Å². The lowest BCUT2D eigenvalue weighted by Gasteiger charge is -2.40. The van der Waals surface area contributed by atoms with Crippen LogP contribution in [0.2, 0.25) is 0 Å². The Bertz CT molecular complexity index is 1910. The molecule has 1 saturated heterocycles. The van der Waals surface area contributed by atoms with Crippen molar-refractivity contribution in [3.05, 3.63) is 47.1 Å². The molecule has 9 N–H and O–H groups in total. The molecular formula is C48H83N3O18P2. The van der Waals surface area contributed by atoms with E-state index in [4.69, 9.17) is 29.0 Å². The second-order valence-electron chi connectivity index (χ2n) is 18.6. The fraction of sp³-hybridized carbons (Fsp3) is 0.792. The summed E-state index contributed by atoms with van der Waals surface area (Å²) in [5.41, 5.74) is 4.78. The number of nitrogens with two attached hydrogens (primary N) is 1. The molecule has 408 valence electrons. The van der Waals surface area contributed by atoms with Crippen LogP contribution in [0, 0.1) is 11.8 Å². The van der Waals surface area contributed by atoms with Crippen LogP contribution in [0.25, 0.3) is 0 Å². The number of hydrogen-bond donors (Lipinski definition) is 8. The topological polar surface area (TPSA) is 326 Å². The van der Waals surface area contributed by atoms with Gasteiger partial charge >= 0.3 is 33.3 Å². The molecule has 0 aliphatic carbocycles. The predicted octanol–water partition coefficient (Wildman–Crippen LogP) is 6.60. The van der Waals surface area contributed by atoms with Gasteiger partial charge < -0.3 is 55.3 Å². The van der Waals surface area contributed by atoms with Crippen molar-refractivity contribution in [2.24, 2.45) is 11.8 Å². The highest BCUT2D eigenvalue weighted by Crippen LogP contribution is 2.60. The molecule has 2 aliphatic rings. The molecule has 0 amide bonds. The molecule has 1 fully saturated rings. The van der Waals surface area contributed by atoms with Crippen LogP contribution in [0.5, 0.6) is 0 Å². The molecule has 1 aromatic rings. The van der Waals surface area contributed by atoms with E-state index in [2.05, 4.69) is 16.2 Å². The molecule has 2 aliphatic heterocycles. The number of allylic oxidation sites excluding steroid dienone is 2. The Hall–Kier alpha value is -2.88. The van der Waals surface area contributed by atoms with Crippen molar-refractivity contribution in [2.75, 3.05) is 25.6 Å². The van der Waals surface area contributed by atoms with Crippen LogP contribution in [0.3, 0.4) is 0 Å². The van der Waals surface area contributed by atoms with Crippen LogP contribution >= 0.6 is 15.6 Å². The Labute approximate surface area is 418 Å². The lowest BCUT2D eigenvalue weighted by molar-refractivity contribution is -0.194. The highest BCUT2D eigenvalue weighted by Gasteiger charge is 2.45. The van der Waals surface area contributed by atoms with E-state index in [0.29, 0.717) is 25.7 Å². The minimum atomic E-state index is -5.70. The molecule has 2 bridgehead atoms. The van der Waals surface area contributed by atoms with E-state index in [1.165, 1.54) is 75.8 Å². The van der Waals surface area contributed by atoms with Crippen LogP contribution in [0.15, 0.2) is 41.4 Å². The zero-order valence-corrected chi connectivity index (χ0v) is 43.4. The number of rotatable bonds is 22. The number of aromatic nitrogens is 2. The Morgan fingerprint density at radius 2 is 1.45 bits per heavy atom. The summed E-state index contributed by atoms with van der Waals surface area (Å²) in [7, 11) is -11.3. The molecule has 3 rings (SSSR count). The number of aliphatic hydroxyl groups excluding tert-OH is 5. The van der Waals surface area contributed by atoms with Gasteiger partial charge in [0.05, 0.1) is 37.6 Å². The molecule has 12 atom stereocenters. The number of hydrogen-bond acceptors (Lipinski definition) is 18. The van der Waals surface area contributed by atoms with E-state index in [1.54, 1.807) is 12.2 Å². The number of ether oxygens (including phenoxy) is 3. The van der Waals surface area contributed by atoms with E-state index in [9.17, 15) is 58.8 Å². The van der Waals surface area contributed by atoms with Gasteiger partial charge in [-0.1, -0.05) is 134 Å². The van der Waals surface area contributed by atoms with Crippen molar-refractivity contribution in [2.45, 2.75) is 210 Å². The second-order valence-corrected chi connectivity index (χ2v) is 21.7. The maximum atomic E-state index is 13.4. The number of carbonyl (C=O) groups is 2. The van der Waals surface area contributed by atoms with E-state index in [0.717, 1.165) is 43.1 Å². The van der Waals surface area contributed by atoms with Crippen molar-refractivity contribution in [3.8, 4) is 0 Å². The molecule has 0 spiro atoms. The SMILES string of the molecule is CCCCCCCCCCCCCCCC(=O)O[C@@H]1COC(=O)CCC/C=C\C[C@@H]2[C@H](n3ccc(N)nc3=O)O[C@H](COP(=O)(O)OP(=O)(O)OC1)[C@@H](O)[C@@H](O)[C@@H](/C=C/[C@@H](O)CCCCC)[C@H](O)C[C@@H]2O. The largest absolute Gasteiger partial charge is 0.481 e. The quantitative estimate of drug-likeness (QED) is 0.0262. The van der Waals surface area contributed by atoms with Crippen molar-refractivity contribution in [1.82, 2.24) is 9.55 Å². The van der Waals surface area contributed by atoms with Gasteiger partial charge in [0.2, 0.25) is 0 Å². The van der Waals surface area contributed by atoms with Gasteiger partial charge in [-0.3, -0.25) is 23.2 Å². The number of phosphoric acid groups is 2. The number of anilines is 1. The number of cyclic esters (lactones) is 1. The van der Waals surface area contributed by atoms with E-state index in [1.807, 2.05) is 6.92 Å². The van der Waals surface area contributed by atoms with Crippen molar-refractivity contribution in [1.29, 1.82) is 0 Å². The number of aliphatic hydroxyl groups is 5. The lowest BCUT2D eigenvalue weighted by Crippen LogP contribution is -2.52. The highest BCUT2D eigenvalue weighted by atomic mass is 31.3. The normalized spacial score (nSPS) is 31.1. The van der Waals surface area contributed by atoms with Crippen LogP contribution in [-0.4, -0.2) is 119 Å². The Morgan fingerprint density at radius 1 is 0.845 bits per heavy atom. The van der Waals surface area contributed by atoms with Gasteiger partial charge in [-0.25, -0.2) is 13.9 Å². The number of esters is 2. The van der Waals surface area contributed by atoms with Gasteiger partial charge in [0.15, 0.2) is 6.10 Å². The summed E-state index contributed by atoms with van der Waals surface area (Å²) in [6.45, 7) is 1.48. The number of phosphoric ester groups is 2. The summed E-state index contributed by atoms with van der Waals surface area (Å²) in [6, 6.07) is 1.24. The maximum absolute atomic E-state index is 13.4. The monoisotopic (exact) mass is 1050 g/mol. The Balaban J connectivity index is 1.84. The summed E-state index contributed by atoms with van der Waals surface area (Å²) < 4.78 is 59.0. The number of fused-ring (bicyclic) bond motifs is 3. The molecular weight excluding hydrogens is 968 g/mol. The van der Waals surface area contributed by atoms with E-state index < -0.39 is 120 Å². The van der Waals surface area contributed by atoms with Gasteiger partial charge in [-0.05, 0) is 38.2 Å². The Morgan fingerprint density at radius 3 is 2.08 bits per heavy atom. The van der Waals surface area contributed by atoms with Gasteiger partial charge in [0.25, 0.3) is 0 Å². The molecule has 0 radical (unpaired) electrons. The van der Waals surface area contributed by atoms with Crippen LogP contribution in [-0.2, 0) is 46.3 Å².